The Balaban J connectivity index is 1.21. The molecule has 1 aliphatic heterocycles. The van der Waals surface area contributed by atoms with E-state index in [0.29, 0.717) is 0 Å². The van der Waals surface area contributed by atoms with Gasteiger partial charge in [-0.15, -0.1) is 0 Å². The number of fused-ring (bicyclic) bond motifs is 1. The van der Waals surface area contributed by atoms with Crippen LogP contribution < -0.4 is 4.90 Å². The van der Waals surface area contributed by atoms with Crippen molar-refractivity contribution in [2.75, 3.05) is 11.5 Å². The van der Waals surface area contributed by atoms with Crippen LogP contribution in [-0.4, -0.2) is 74.2 Å². The second kappa shape index (κ2) is 17.1. The number of rotatable bonds is 11. The molecule has 2 aromatic heterocycles. The van der Waals surface area contributed by atoms with Gasteiger partial charge in [0, 0.05) is 11.1 Å². The Kier molecular flexibility index (Phi) is 11.0. The van der Waals surface area contributed by atoms with Crippen LogP contribution in [0.4, 0.5) is 5.82 Å². The molecule has 3 heterocycles. The van der Waals surface area contributed by atoms with Crippen molar-refractivity contribution < 1.29 is 42.9 Å². The summed E-state index contributed by atoms with van der Waals surface area (Å²) in [6.45, 7) is -0.422. The van der Waals surface area contributed by atoms with Crippen LogP contribution in [0.25, 0.3) is 11.2 Å². The van der Waals surface area contributed by atoms with Crippen LogP contribution in [0, 0.1) is 0 Å². The lowest BCUT2D eigenvalue weighted by Crippen LogP contribution is -2.41. The SMILES string of the molecule is O=C(OC[C@H]1O[C@@H](n2cnc3c(N(C(=O)c4ccccc4)C(=O)c4ccccc4)ncnc32)[C@H](OC(=O)c2ccccc2)[C@@H]1OC(=O)c1ccccc1)c1ccccc1. The second-order valence-corrected chi connectivity index (χ2v) is 13.2. The topological polar surface area (TPSA) is 169 Å². The van der Waals surface area contributed by atoms with Gasteiger partial charge < -0.3 is 18.9 Å². The van der Waals surface area contributed by atoms with Gasteiger partial charge in [0.15, 0.2) is 35.4 Å². The van der Waals surface area contributed by atoms with Crippen LogP contribution in [0.2, 0.25) is 0 Å². The first-order valence-electron chi connectivity index (χ1n) is 18.4. The van der Waals surface area contributed by atoms with Crippen molar-refractivity contribution in [2.24, 2.45) is 0 Å². The largest absolute Gasteiger partial charge is 0.459 e. The number of benzene rings is 5. The molecule has 0 radical (unpaired) electrons. The van der Waals surface area contributed by atoms with Crippen LogP contribution in [0.5, 0.6) is 0 Å². The Morgan fingerprint density at radius 1 is 0.542 bits per heavy atom. The fourth-order valence-corrected chi connectivity index (χ4v) is 6.57. The van der Waals surface area contributed by atoms with Crippen molar-refractivity contribution in [3.63, 3.8) is 0 Å². The van der Waals surface area contributed by atoms with Gasteiger partial charge in [0.1, 0.15) is 19.0 Å². The van der Waals surface area contributed by atoms with Gasteiger partial charge in [0.05, 0.1) is 23.0 Å². The summed E-state index contributed by atoms with van der Waals surface area (Å²) in [7, 11) is 0. The van der Waals surface area contributed by atoms with Crippen molar-refractivity contribution in [1.29, 1.82) is 0 Å². The summed E-state index contributed by atoms with van der Waals surface area (Å²) in [6.07, 6.45) is -2.76. The minimum atomic E-state index is -1.39. The van der Waals surface area contributed by atoms with E-state index >= 15 is 0 Å². The van der Waals surface area contributed by atoms with Gasteiger partial charge in [0.2, 0.25) is 0 Å². The third-order valence-electron chi connectivity index (χ3n) is 9.45. The molecular formula is C45H33N5O9. The van der Waals surface area contributed by atoms with E-state index in [1.165, 1.54) is 10.9 Å². The molecule has 59 heavy (non-hydrogen) atoms. The first kappa shape index (κ1) is 38.1. The number of carbonyl (C=O) groups excluding carboxylic acids is 5. The number of amides is 2. The quantitative estimate of drug-likeness (QED) is 0.0792. The lowest BCUT2D eigenvalue weighted by Gasteiger charge is -2.25. The number of carbonyl (C=O) groups is 5. The molecule has 1 aliphatic rings. The highest BCUT2D eigenvalue weighted by Gasteiger charge is 2.52. The molecule has 292 valence electrons. The number of hydrogen-bond acceptors (Lipinski definition) is 12. The fourth-order valence-electron chi connectivity index (χ4n) is 6.57. The number of hydrogen-bond donors (Lipinski definition) is 0. The van der Waals surface area contributed by atoms with E-state index in [4.69, 9.17) is 18.9 Å². The number of imidazole rings is 1. The Bertz CT molecular complexity index is 2560. The molecule has 14 heteroatoms. The minimum Gasteiger partial charge on any atom is -0.459 e. The lowest BCUT2D eigenvalue weighted by molar-refractivity contribution is -0.0606. The number of esters is 3. The molecule has 8 rings (SSSR count). The van der Waals surface area contributed by atoms with Gasteiger partial charge in [0.25, 0.3) is 11.8 Å². The van der Waals surface area contributed by atoms with E-state index in [1.807, 2.05) is 0 Å². The van der Waals surface area contributed by atoms with Gasteiger partial charge in [-0.1, -0.05) is 91.0 Å². The molecule has 0 spiro atoms. The van der Waals surface area contributed by atoms with Crippen molar-refractivity contribution in [1.82, 2.24) is 19.5 Å². The number of aromatic nitrogens is 4. The zero-order chi connectivity index (χ0) is 40.7. The van der Waals surface area contributed by atoms with Crippen LogP contribution in [0.15, 0.2) is 164 Å². The van der Waals surface area contributed by atoms with Crippen molar-refractivity contribution in [3.8, 4) is 0 Å². The van der Waals surface area contributed by atoms with E-state index in [1.54, 1.807) is 152 Å². The number of imide groups is 1. The monoisotopic (exact) mass is 787 g/mol. The maximum Gasteiger partial charge on any atom is 0.338 e. The van der Waals surface area contributed by atoms with Gasteiger partial charge in [-0.05, 0) is 60.7 Å². The zero-order valence-corrected chi connectivity index (χ0v) is 31.0. The second-order valence-electron chi connectivity index (χ2n) is 13.2. The van der Waals surface area contributed by atoms with Crippen LogP contribution in [0.1, 0.15) is 58.0 Å². The lowest BCUT2D eigenvalue weighted by atomic mass is 10.1. The van der Waals surface area contributed by atoms with Gasteiger partial charge in [-0.2, -0.15) is 0 Å². The van der Waals surface area contributed by atoms with Crippen molar-refractivity contribution in [3.05, 3.63) is 192 Å². The number of anilines is 1. The smallest absolute Gasteiger partial charge is 0.338 e. The summed E-state index contributed by atoms with van der Waals surface area (Å²) in [4.78, 5) is 83.2. The van der Waals surface area contributed by atoms with E-state index in [2.05, 4.69) is 15.0 Å². The molecule has 5 aromatic carbocycles. The number of nitrogens with zero attached hydrogens (tertiary/aromatic N) is 5. The van der Waals surface area contributed by atoms with E-state index in [9.17, 15) is 24.0 Å². The summed E-state index contributed by atoms with van der Waals surface area (Å²) in [5.74, 6) is -3.66. The Labute approximate surface area is 336 Å². The normalized spacial score (nSPS) is 17.2. The molecule has 4 atom stereocenters. The van der Waals surface area contributed by atoms with Crippen molar-refractivity contribution in [2.45, 2.75) is 24.5 Å². The van der Waals surface area contributed by atoms with Crippen molar-refractivity contribution >= 4 is 46.7 Å². The van der Waals surface area contributed by atoms with Crippen LogP contribution in [-0.2, 0) is 18.9 Å². The third-order valence-corrected chi connectivity index (χ3v) is 9.45. The average Bonchev–Trinajstić information content (AvgIpc) is 3.88. The Morgan fingerprint density at radius 3 is 1.47 bits per heavy atom. The van der Waals surface area contributed by atoms with Crippen LogP contribution >= 0.6 is 0 Å². The highest BCUT2D eigenvalue weighted by atomic mass is 16.7. The third kappa shape index (κ3) is 8.06. The summed E-state index contributed by atoms with van der Waals surface area (Å²) in [5, 5.41) is 0. The highest BCUT2D eigenvalue weighted by Crippen LogP contribution is 2.38. The molecule has 0 unspecified atom stereocenters. The minimum absolute atomic E-state index is 0.0228. The fraction of sp³-hybridized carbons (Fsp3) is 0.111. The Hall–Kier alpha value is -7.84. The van der Waals surface area contributed by atoms with E-state index in [-0.39, 0.29) is 44.8 Å². The highest BCUT2D eigenvalue weighted by molar-refractivity contribution is 6.27. The molecule has 0 aliphatic carbocycles. The molecule has 1 saturated heterocycles. The predicted octanol–water partition coefficient (Wildman–Crippen LogP) is 6.52. The molecule has 14 nitrogen and oxygen atoms in total. The van der Waals surface area contributed by atoms with E-state index in [0.717, 1.165) is 11.2 Å². The maximum atomic E-state index is 14.1. The molecule has 7 aromatic rings. The average molecular weight is 788 g/mol. The molecule has 0 N–H and O–H groups in total. The zero-order valence-electron chi connectivity index (χ0n) is 31.0. The standard InChI is InChI=1S/C45H33N5O9/c51-40(29-16-6-1-7-17-29)50(41(52)30-18-8-2-9-19-30)39-35-38(46-27-47-39)49(28-48-35)42-37(59-45(55)33-24-14-5-15-25-33)36(58-44(54)32-22-12-4-13-23-32)34(57-42)26-56-43(53)31-20-10-3-11-21-31/h1-25,27-28,34,36-37,42H,26H2/t34-,36-,37-,42-/m1/s1. The molecular weight excluding hydrogens is 755 g/mol. The van der Waals surface area contributed by atoms with Gasteiger partial charge in [-0.3, -0.25) is 14.2 Å². The summed E-state index contributed by atoms with van der Waals surface area (Å²) < 4.78 is 25.8. The van der Waals surface area contributed by atoms with E-state index < -0.39 is 60.9 Å². The maximum absolute atomic E-state index is 14.1. The number of ether oxygens (including phenoxy) is 4. The summed E-state index contributed by atoms with van der Waals surface area (Å²) in [6, 6.07) is 41.2. The molecule has 2 amide bonds. The van der Waals surface area contributed by atoms with Crippen LogP contribution in [0.3, 0.4) is 0 Å². The summed E-state index contributed by atoms with van der Waals surface area (Å²) in [5.41, 5.74) is 1.21. The predicted molar refractivity (Wildman–Crippen MR) is 211 cm³/mol. The molecule has 0 bridgehead atoms. The molecule has 0 saturated carbocycles. The van der Waals surface area contributed by atoms with Gasteiger partial charge in [-0.25, -0.2) is 34.2 Å². The first-order valence-corrected chi connectivity index (χ1v) is 18.4. The Morgan fingerprint density at radius 2 is 0.983 bits per heavy atom. The van der Waals surface area contributed by atoms with Gasteiger partial charge >= 0.3 is 17.9 Å². The first-order chi connectivity index (χ1) is 28.9. The molecule has 1 fully saturated rings. The summed E-state index contributed by atoms with van der Waals surface area (Å²) >= 11 is 0.